The van der Waals surface area contributed by atoms with Crippen LogP contribution in [0.5, 0.6) is 5.75 Å². The first kappa shape index (κ1) is 27.1. The third-order valence-electron chi connectivity index (χ3n) is 7.18. The molecular weight excluding hydrogens is 478 g/mol. The van der Waals surface area contributed by atoms with Crippen molar-refractivity contribution in [2.24, 2.45) is 0 Å². The molecule has 1 aliphatic heterocycles. The fourth-order valence-corrected chi connectivity index (χ4v) is 4.58. The molecule has 2 heterocycles. The average Bonchev–Trinajstić information content (AvgIpc) is 3.22. The second-order valence-electron chi connectivity index (χ2n) is 9.79. The Bertz CT molecular complexity index is 1230. The normalized spacial score (nSPS) is 14.5. The van der Waals surface area contributed by atoms with Gasteiger partial charge in [-0.2, -0.15) is 0 Å². The number of carbonyl (C=O) groups is 2. The van der Waals surface area contributed by atoms with Crippen LogP contribution in [0.4, 0.5) is 5.82 Å². The predicted octanol–water partition coefficient (Wildman–Crippen LogP) is 4.44. The van der Waals surface area contributed by atoms with Gasteiger partial charge in [-0.05, 0) is 57.0 Å². The maximum atomic E-state index is 13.4. The molecule has 0 spiro atoms. The molecule has 1 fully saturated rings. The van der Waals surface area contributed by atoms with Gasteiger partial charge in [0.15, 0.2) is 5.82 Å². The molecule has 0 aliphatic carbocycles. The zero-order valence-electron chi connectivity index (χ0n) is 22.8. The van der Waals surface area contributed by atoms with Gasteiger partial charge in [-0.3, -0.25) is 9.59 Å². The van der Waals surface area contributed by atoms with Crippen molar-refractivity contribution in [3.05, 3.63) is 71.8 Å². The third-order valence-corrected chi connectivity index (χ3v) is 7.18. The maximum absolute atomic E-state index is 13.4. The van der Waals surface area contributed by atoms with Crippen molar-refractivity contribution in [2.45, 2.75) is 39.7 Å². The quantitative estimate of drug-likeness (QED) is 0.441. The van der Waals surface area contributed by atoms with Crippen molar-refractivity contribution in [3.63, 3.8) is 0 Å². The minimum atomic E-state index is -0.160. The van der Waals surface area contributed by atoms with Gasteiger partial charge >= 0.3 is 0 Å². The van der Waals surface area contributed by atoms with E-state index in [4.69, 9.17) is 4.74 Å². The van der Waals surface area contributed by atoms with Crippen LogP contribution in [0.2, 0.25) is 0 Å². The zero-order valence-corrected chi connectivity index (χ0v) is 22.8. The fraction of sp³-hybridized carbons (Fsp3) is 0.400. The summed E-state index contributed by atoms with van der Waals surface area (Å²) >= 11 is 0. The lowest BCUT2D eigenvalue weighted by Gasteiger charge is -2.31. The van der Waals surface area contributed by atoms with Gasteiger partial charge in [0.2, 0.25) is 5.91 Å². The lowest BCUT2D eigenvalue weighted by atomic mass is 10.1. The maximum Gasteiger partial charge on any atom is 0.254 e. The molecule has 8 nitrogen and oxygen atoms in total. The Balaban J connectivity index is 1.40. The van der Waals surface area contributed by atoms with Crippen LogP contribution < -0.4 is 9.64 Å². The summed E-state index contributed by atoms with van der Waals surface area (Å²) in [4.78, 5) is 32.4. The number of anilines is 1. The average molecular weight is 516 g/mol. The van der Waals surface area contributed by atoms with E-state index in [9.17, 15) is 9.59 Å². The number of methoxy groups -OCH3 is 1. The first-order chi connectivity index (χ1) is 18.4. The van der Waals surface area contributed by atoms with Gasteiger partial charge in [-0.25, -0.2) is 0 Å². The van der Waals surface area contributed by atoms with Crippen LogP contribution in [0, 0.1) is 6.92 Å². The van der Waals surface area contributed by atoms with Gasteiger partial charge in [0.25, 0.3) is 5.91 Å². The molecule has 1 atom stereocenters. The van der Waals surface area contributed by atoms with Crippen LogP contribution in [0.3, 0.4) is 0 Å². The predicted molar refractivity (Wildman–Crippen MR) is 149 cm³/mol. The molecule has 0 unspecified atom stereocenters. The van der Waals surface area contributed by atoms with Gasteiger partial charge in [-0.1, -0.05) is 42.8 Å². The highest BCUT2D eigenvalue weighted by atomic mass is 16.5. The number of nitrogens with zero attached hydrogens (tertiary/aromatic N) is 5. The van der Waals surface area contributed by atoms with Crippen LogP contribution in [-0.4, -0.2) is 77.7 Å². The van der Waals surface area contributed by atoms with Gasteiger partial charge in [0.1, 0.15) is 12.3 Å². The van der Waals surface area contributed by atoms with Crippen LogP contribution >= 0.6 is 0 Å². The Hall–Kier alpha value is -3.94. The summed E-state index contributed by atoms with van der Waals surface area (Å²) in [6, 6.07) is 19.2. The van der Waals surface area contributed by atoms with Gasteiger partial charge in [-0.15, -0.1) is 10.2 Å². The van der Waals surface area contributed by atoms with Crippen LogP contribution in [0.1, 0.15) is 42.6 Å². The highest BCUT2D eigenvalue weighted by Gasteiger charge is 2.27. The molecule has 200 valence electrons. The van der Waals surface area contributed by atoms with Gasteiger partial charge in [0, 0.05) is 43.3 Å². The Morgan fingerprint density at radius 3 is 2.47 bits per heavy atom. The van der Waals surface area contributed by atoms with E-state index in [0.29, 0.717) is 30.9 Å². The van der Waals surface area contributed by atoms with E-state index in [1.165, 1.54) is 5.56 Å². The smallest absolute Gasteiger partial charge is 0.254 e. The monoisotopic (exact) mass is 515 g/mol. The van der Waals surface area contributed by atoms with E-state index in [-0.39, 0.29) is 24.4 Å². The van der Waals surface area contributed by atoms with Gasteiger partial charge < -0.3 is 19.4 Å². The number of hydrogen-bond donors (Lipinski definition) is 0. The molecule has 3 aromatic rings. The molecule has 0 saturated carbocycles. The van der Waals surface area contributed by atoms with E-state index in [0.717, 1.165) is 36.5 Å². The number of carbonyl (C=O) groups excluding carboxylic acids is 2. The minimum absolute atomic E-state index is 0.0378. The number of ether oxygens (including phenoxy) is 1. The summed E-state index contributed by atoms with van der Waals surface area (Å²) in [5.74, 6) is 1.23. The first-order valence-electron chi connectivity index (χ1n) is 13.3. The second-order valence-corrected chi connectivity index (χ2v) is 9.79. The molecule has 8 heteroatoms. The van der Waals surface area contributed by atoms with Crippen LogP contribution in [-0.2, 0) is 4.79 Å². The van der Waals surface area contributed by atoms with E-state index in [2.05, 4.69) is 46.3 Å². The summed E-state index contributed by atoms with van der Waals surface area (Å²) in [5.41, 5.74) is 3.61. The number of benzene rings is 2. The Kier molecular flexibility index (Phi) is 8.94. The van der Waals surface area contributed by atoms with Crippen molar-refractivity contribution >= 4 is 17.6 Å². The summed E-state index contributed by atoms with van der Waals surface area (Å²) in [7, 11) is 1.58. The van der Waals surface area contributed by atoms with E-state index < -0.39 is 0 Å². The second kappa shape index (κ2) is 12.5. The molecule has 4 rings (SSSR count). The van der Waals surface area contributed by atoms with Crippen LogP contribution in [0.15, 0.2) is 60.7 Å². The molecule has 0 bridgehead atoms. The number of rotatable bonds is 8. The molecule has 0 radical (unpaired) electrons. The number of aryl methyl sites for hydroxylation is 1. The van der Waals surface area contributed by atoms with E-state index in [1.807, 2.05) is 30.9 Å². The molecule has 1 aromatic heterocycles. The zero-order chi connectivity index (χ0) is 27.1. The van der Waals surface area contributed by atoms with Crippen molar-refractivity contribution in [1.29, 1.82) is 0 Å². The topological polar surface area (TPSA) is 78.9 Å². The Morgan fingerprint density at radius 2 is 1.79 bits per heavy atom. The third kappa shape index (κ3) is 6.49. The minimum Gasteiger partial charge on any atom is -0.497 e. The SMILES string of the molecule is CC[C@@H](C)N(CC(=O)N1CCCN(c2ccc(-c3ccc(C)cc3)nn2)CC1)C(=O)c1cccc(OC)c1. The van der Waals surface area contributed by atoms with E-state index in [1.54, 1.807) is 36.3 Å². The summed E-state index contributed by atoms with van der Waals surface area (Å²) in [6.45, 7) is 8.79. The van der Waals surface area contributed by atoms with Crippen LogP contribution in [0.25, 0.3) is 11.3 Å². The lowest BCUT2D eigenvalue weighted by Crippen LogP contribution is -2.47. The number of aromatic nitrogens is 2. The standard InChI is InChI=1S/C30H37N5O3/c1-5-23(3)35(30(37)25-8-6-9-26(20-25)38-4)21-29(36)34-17-7-16-33(18-19-34)28-15-14-27(31-32-28)24-12-10-22(2)11-13-24/h6,8-15,20,23H,5,7,16-19,21H2,1-4H3/t23-/m1/s1. The molecular formula is C30H37N5O3. The lowest BCUT2D eigenvalue weighted by molar-refractivity contribution is -0.132. The van der Waals surface area contributed by atoms with Crippen molar-refractivity contribution in [2.75, 3.05) is 44.7 Å². The molecule has 1 aliphatic rings. The van der Waals surface area contributed by atoms with Crippen molar-refractivity contribution in [3.8, 4) is 17.0 Å². The fourth-order valence-electron chi connectivity index (χ4n) is 4.58. The Labute approximate surface area is 225 Å². The molecule has 0 N–H and O–H groups in total. The number of amides is 2. The molecule has 2 amide bonds. The molecule has 38 heavy (non-hydrogen) atoms. The first-order valence-corrected chi connectivity index (χ1v) is 13.3. The van der Waals surface area contributed by atoms with Gasteiger partial charge in [0.05, 0.1) is 12.8 Å². The van der Waals surface area contributed by atoms with Crippen molar-refractivity contribution in [1.82, 2.24) is 20.0 Å². The molecule has 2 aromatic carbocycles. The molecule has 1 saturated heterocycles. The Morgan fingerprint density at radius 1 is 1.00 bits per heavy atom. The number of hydrogen-bond acceptors (Lipinski definition) is 6. The van der Waals surface area contributed by atoms with E-state index >= 15 is 0 Å². The highest BCUT2D eigenvalue weighted by Crippen LogP contribution is 2.21. The summed E-state index contributed by atoms with van der Waals surface area (Å²) in [6.07, 6.45) is 1.58. The largest absolute Gasteiger partial charge is 0.497 e. The summed E-state index contributed by atoms with van der Waals surface area (Å²) in [5, 5.41) is 8.92. The highest BCUT2D eigenvalue weighted by molar-refractivity contribution is 5.97. The van der Waals surface area contributed by atoms with Crippen molar-refractivity contribution < 1.29 is 14.3 Å². The summed E-state index contributed by atoms with van der Waals surface area (Å²) < 4.78 is 5.28.